The van der Waals surface area contributed by atoms with E-state index >= 15 is 0 Å². The highest BCUT2D eigenvalue weighted by Gasteiger charge is 2.27. The average Bonchev–Trinajstić information content (AvgIpc) is 2.61. The largest absolute Gasteiger partial charge is 0.298 e. The van der Waals surface area contributed by atoms with Crippen molar-refractivity contribution in [2.24, 2.45) is 9.98 Å². The molecule has 0 saturated carbocycles. The number of nitrogens with one attached hydrogen (secondary N) is 1. The molecule has 0 amide bonds. The van der Waals surface area contributed by atoms with Crippen molar-refractivity contribution in [2.75, 3.05) is 7.05 Å². The maximum absolute atomic E-state index is 8.73. The van der Waals surface area contributed by atoms with Gasteiger partial charge in [-0.2, -0.15) is 0 Å². The molecule has 0 aliphatic carbocycles. The Morgan fingerprint density at radius 1 is 1.29 bits per heavy atom. The molecule has 3 heteroatoms. The summed E-state index contributed by atoms with van der Waals surface area (Å²) in [6.07, 6.45) is 8.34. The molecule has 0 bridgehead atoms. The molecular weight excluding hydrogens is 294 g/mol. The van der Waals surface area contributed by atoms with Crippen molar-refractivity contribution in [3.8, 4) is 0 Å². The molecule has 0 fully saturated rings. The van der Waals surface area contributed by atoms with Crippen LogP contribution in [0.5, 0.6) is 0 Å². The Bertz CT molecular complexity index is 788. The van der Waals surface area contributed by atoms with Crippen LogP contribution in [0.3, 0.4) is 0 Å². The predicted octanol–water partition coefficient (Wildman–Crippen LogP) is 4.93. The summed E-state index contributed by atoms with van der Waals surface area (Å²) in [5, 5.41) is 8.73. The molecule has 1 aliphatic heterocycles. The predicted molar refractivity (Wildman–Crippen MR) is 104 cm³/mol. The Hall–Kier alpha value is -2.81. The van der Waals surface area contributed by atoms with Gasteiger partial charge in [0.05, 0.1) is 17.1 Å². The molecular formula is C21H23N3. The summed E-state index contributed by atoms with van der Waals surface area (Å²) in [6.45, 7) is 7.81. The SMILES string of the molecule is C=C/C=C(\C=C/C)C1=C(CC)N=C(c2ccccc2)C(=NC)C1=N. The lowest BCUT2D eigenvalue weighted by atomic mass is 9.88. The third-order valence-electron chi connectivity index (χ3n) is 3.78. The fourth-order valence-electron chi connectivity index (χ4n) is 2.74. The lowest BCUT2D eigenvalue weighted by molar-refractivity contribution is 1.05. The average molecular weight is 317 g/mol. The highest BCUT2D eigenvalue weighted by Crippen LogP contribution is 2.27. The van der Waals surface area contributed by atoms with Crippen molar-refractivity contribution in [1.82, 2.24) is 0 Å². The molecule has 0 aromatic heterocycles. The zero-order chi connectivity index (χ0) is 17.5. The summed E-state index contributed by atoms with van der Waals surface area (Å²) >= 11 is 0. The first-order valence-electron chi connectivity index (χ1n) is 8.07. The minimum Gasteiger partial charge on any atom is -0.298 e. The van der Waals surface area contributed by atoms with Crippen LogP contribution in [-0.4, -0.2) is 24.2 Å². The Balaban J connectivity index is 2.72. The van der Waals surface area contributed by atoms with Gasteiger partial charge in [0.2, 0.25) is 0 Å². The van der Waals surface area contributed by atoms with Crippen LogP contribution in [-0.2, 0) is 0 Å². The van der Waals surface area contributed by atoms with Crippen LogP contribution in [0, 0.1) is 5.41 Å². The number of rotatable bonds is 5. The fraction of sp³-hybridized carbons (Fsp3) is 0.190. The molecule has 3 nitrogen and oxygen atoms in total. The zero-order valence-electron chi connectivity index (χ0n) is 14.5. The fourth-order valence-corrected chi connectivity index (χ4v) is 2.74. The van der Waals surface area contributed by atoms with Crippen LogP contribution in [0.15, 0.2) is 88.0 Å². The van der Waals surface area contributed by atoms with Gasteiger partial charge in [-0.05, 0) is 18.9 Å². The van der Waals surface area contributed by atoms with Gasteiger partial charge in [-0.3, -0.25) is 10.4 Å². The van der Waals surface area contributed by atoms with Crippen LogP contribution in [0.2, 0.25) is 0 Å². The van der Waals surface area contributed by atoms with E-state index in [4.69, 9.17) is 10.4 Å². The van der Waals surface area contributed by atoms with Crippen molar-refractivity contribution >= 4 is 17.1 Å². The molecule has 1 aromatic rings. The van der Waals surface area contributed by atoms with Crippen molar-refractivity contribution < 1.29 is 0 Å². The second kappa shape index (κ2) is 8.16. The molecule has 0 saturated heterocycles. The Morgan fingerprint density at radius 2 is 2.00 bits per heavy atom. The lowest BCUT2D eigenvalue weighted by Crippen LogP contribution is -2.31. The molecule has 0 unspecified atom stereocenters. The quantitative estimate of drug-likeness (QED) is 0.748. The number of nitrogens with zero attached hydrogens (tertiary/aromatic N) is 2. The van der Waals surface area contributed by atoms with Gasteiger partial charge in [-0.1, -0.05) is 68.1 Å². The summed E-state index contributed by atoms with van der Waals surface area (Å²) in [4.78, 5) is 9.21. The number of benzene rings is 1. The number of allylic oxidation sites excluding steroid dienone is 7. The Kier molecular flexibility index (Phi) is 5.96. The number of hydrogen-bond donors (Lipinski definition) is 1. The van der Waals surface area contributed by atoms with Crippen LogP contribution < -0.4 is 0 Å². The maximum Gasteiger partial charge on any atom is 0.109 e. The first-order valence-corrected chi connectivity index (χ1v) is 8.07. The van der Waals surface area contributed by atoms with Gasteiger partial charge in [-0.25, -0.2) is 4.99 Å². The van der Waals surface area contributed by atoms with Gasteiger partial charge in [0.1, 0.15) is 5.71 Å². The number of hydrogen-bond acceptors (Lipinski definition) is 3. The monoisotopic (exact) mass is 317 g/mol. The summed E-state index contributed by atoms with van der Waals surface area (Å²) in [5.74, 6) is 0. The lowest BCUT2D eigenvalue weighted by Gasteiger charge is -2.22. The topological polar surface area (TPSA) is 48.6 Å². The van der Waals surface area contributed by atoms with Crippen molar-refractivity contribution in [3.05, 3.63) is 83.6 Å². The van der Waals surface area contributed by atoms with Gasteiger partial charge in [0.25, 0.3) is 0 Å². The molecule has 1 aliphatic rings. The van der Waals surface area contributed by atoms with E-state index in [1.165, 1.54) is 0 Å². The summed E-state index contributed by atoms with van der Waals surface area (Å²) in [5.41, 5.74) is 5.44. The van der Waals surface area contributed by atoms with Crippen LogP contribution in [0.25, 0.3) is 0 Å². The molecule has 1 aromatic carbocycles. The van der Waals surface area contributed by atoms with Crippen LogP contribution >= 0.6 is 0 Å². The molecule has 2 rings (SSSR count). The molecule has 0 atom stereocenters. The van der Waals surface area contributed by atoms with Crippen molar-refractivity contribution in [3.63, 3.8) is 0 Å². The smallest absolute Gasteiger partial charge is 0.109 e. The van der Waals surface area contributed by atoms with Crippen LogP contribution in [0.1, 0.15) is 25.8 Å². The number of aliphatic imine (C=N–C) groups is 2. The van der Waals surface area contributed by atoms with Gasteiger partial charge in [0.15, 0.2) is 0 Å². The van der Waals surface area contributed by atoms with E-state index in [2.05, 4.69) is 18.5 Å². The summed E-state index contributed by atoms with van der Waals surface area (Å²) in [6, 6.07) is 9.93. The van der Waals surface area contributed by atoms with E-state index in [9.17, 15) is 0 Å². The van der Waals surface area contributed by atoms with Crippen molar-refractivity contribution in [1.29, 1.82) is 5.41 Å². The van der Waals surface area contributed by atoms with E-state index in [-0.39, 0.29) is 0 Å². The first-order chi connectivity index (χ1) is 11.7. The molecule has 122 valence electrons. The summed E-state index contributed by atoms with van der Waals surface area (Å²) in [7, 11) is 1.71. The molecule has 1 heterocycles. The van der Waals surface area contributed by atoms with Gasteiger partial charge in [0, 0.05) is 18.2 Å². The third-order valence-corrected chi connectivity index (χ3v) is 3.78. The Labute approximate surface area is 144 Å². The normalized spacial score (nSPS) is 17.6. The highest BCUT2D eigenvalue weighted by atomic mass is 14.9. The standard InChI is InChI=1S/C21H23N3/c1-5-11-15(12-6-2)18-17(7-3)24-20(21(23-4)19(18)22)16-13-9-8-10-14-16/h5-6,8-14,22H,1,7H2,2-4H3/b12-6-,15-11+,22-19?,23-21?. The molecule has 0 radical (unpaired) electrons. The van der Waals surface area contributed by atoms with E-state index in [1.807, 2.05) is 55.5 Å². The van der Waals surface area contributed by atoms with E-state index in [0.717, 1.165) is 34.5 Å². The first kappa shape index (κ1) is 17.5. The zero-order valence-corrected chi connectivity index (χ0v) is 14.5. The Morgan fingerprint density at radius 3 is 2.54 bits per heavy atom. The molecule has 0 spiro atoms. The highest BCUT2D eigenvalue weighted by molar-refractivity contribution is 6.75. The van der Waals surface area contributed by atoms with E-state index in [0.29, 0.717) is 11.4 Å². The second-order valence-electron chi connectivity index (χ2n) is 5.31. The second-order valence-corrected chi connectivity index (χ2v) is 5.31. The third kappa shape index (κ3) is 3.40. The molecule has 1 N–H and O–H groups in total. The van der Waals surface area contributed by atoms with Crippen molar-refractivity contribution in [2.45, 2.75) is 20.3 Å². The van der Waals surface area contributed by atoms with E-state index < -0.39 is 0 Å². The summed E-state index contributed by atoms with van der Waals surface area (Å²) < 4.78 is 0. The molecule has 24 heavy (non-hydrogen) atoms. The minimum atomic E-state index is 0.411. The maximum atomic E-state index is 8.73. The van der Waals surface area contributed by atoms with E-state index in [1.54, 1.807) is 13.1 Å². The van der Waals surface area contributed by atoms with Crippen LogP contribution in [0.4, 0.5) is 0 Å². The minimum absolute atomic E-state index is 0.411. The van der Waals surface area contributed by atoms with Gasteiger partial charge in [-0.15, -0.1) is 0 Å². The van der Waals surface area contributed by atoms with Gasteiger partial charge < -0.3 is 0 Å². The van der Waals surface area contributed by atoms with Gasteiger partial charge >= 0.3 is 0 Å².